The minimum absolute atomic E-state index is 0.0685. The molecule has 26 heavy (non-hydrogen) atoms. The number of thioether (sulfide) groups is 1. The Morgan fingerprint density at radius 2 is 1.92 bits per heavy atom. The summed E-state index contributed by atoms with van der Waals surface area (Å²) in [6.45, 7) is 6.19. The molecule has 7 heteroatoms. The van der Waals surface area contributed by atoms with E-state index in [0.717, 1.165) is 12.8 Å². The van der Waals surface area contributed by atoms with Crippen LogP contribution < -0.4 is 5.32 Å². The molecule has 0 heterocycles. The lowest BCUT2D eigenvalue weighted by Gasteiger charge is -2.16. The molecule has 0 unspecified atom stereocenters. The van der Waals surface area contributed by atoms with Gasteiger partial charge in [0.2, 0.25) is 5.91 Å². The van der Waals surface area contributed by atoms with Gasteiger partial charge in [-0.25, -0.2) is 4.79 Å². The third-order valence-corrected chi connectivity index (χ3v) is 4.59. The summed E-state index contributed by atoms with van der Waals surface area (Å²) in [4.78, 5) is 38.3. The number of likely N-dealkylation sites (N-methyl/N-ethyl adjacent to an activating group) is 1. The van der Waals surface area contributed by atoms with E-state index in [0.29, 0.717) is 17.0 Å². The highest BCUT2D eigenvalue weighted by Gasteiger charge is 2.17. The van der Waals surface area contributed by atoms with Gasteiger partial charge in [0.15, 0.2) is 6.61 Å². The van der Waals surface area contributed by atoms with Crippen LogP contribution in [-0.4, -0.2) is 54.7 Å². The molecule has 0 fully saturated rings. The van der Waals surface area contributed by atoms with Gasteiger partial charge in [0.25, 0.3) is 5.91 Å². The fourth-order valence-electron chi connectivity index (χ4n) is 2.10. The smallest absolute Gasteiger partial charge is 0.339 e. The van der Waals surface area contributed by atoms with Crippen LogP contribution >= 0.6 is 11.8 Å². The Bertz CT molecular complexity index is 619. The lowest BCUT2D eigenvalue weighted by atomic mass is 10.2. The second kappa shape index (κ2) is 11.6. The lowest BCUT2D eigenvalue weighted by molar-refractivity contribution is -0.133. The van der Waals surface area contributed by atoms with Crippen molar-refractivity contribution in [2.75, 3.05) is 26.0 Å². The number of hydrogen-bond donors (Lipinski definition) is 1. The highest BCUT2D eigenvalue weighted by molar-refractivity contribution is 8.00. The maximum atomic E-state index is 12.3. The Hall–Kier alpha value is -2.02. The van der Waals surface area contributed by atoms with Crippen LogP contribution in [-0.2, 0) is 14.3 Å². The number of ether oxygens (including phenoxy) is 1. The van der Waals surface area contributed by atoms with Gasteiger partial charge in [0, 0.05) is 24.5 Å². The van der Waals surface area contributed by atoms with Crippen molar-refractivity contribution in [1.82, 2.24) is 10.2 Å². The third-order valence-electron chi connectivity index (χ3n) is 3.51. The number of rotatable bonds is 10. The number of carbonyl (C=O) groups excluding carboxylic acids is 3. The first-order valence-electron chi connectivity index (χ1n) is 8.77. The molecule has 1 aromatic carbocycles. The van der Waals surface area contributed by atoms with E-state index in [1.54, 1.807) is 36.2 Å². The molecule has 0 radical (unpaired) electrons. The summed E-state index contributed by atoms with van der Waals surface area (Å²) in [5, 5.41) is 2.80. The monoisotopic (exact) mass is 380 g/mol. The van der Waals surface area contributed by atoms with Gasteiger partial charge in [-0.15, -0.1) is 11.8 Å². The van der Waals surface area contributed by atoms with Gasteiger partial charge in [-0.1, -0.05) is 25.5 Å². The van der Waals surface area contributed by atoms with Crippen molar-refractivity contribution in [2.45, 2.75) is 44.6 Å². The zero-order valence-electron chi connectivity index (χ0n) is 15.9. The van der Waals surface area contributed by atoms with E-state index in [9.17, 15) is 14.4 Å². The first-order chi connectivity index (χ1) is 12.3. The number of carbonyl (C=O) groups is 3. The SMILES string of the molecule is CCCCN(C)C(=O)COC(=O)c1ccccc1SCC(=O)NC(C)C. The topological polar surface area (TPSA) is 75.7 Å². The Morgan fingerprint density at radius 3 is 2.58 bits per heavy atom. The molecule has 2 amide bonds. The van der Waals surface area contributed by atoms with E-state index >= 15 is 0 Å². The van der Waals surface area contributed by atoms with Crippen molar-refractivity contribution in [2.24, 2.45) is 0 Å². The van der Waals surface area contributed by atoms with Crippen molar-refractivity contribution in [3.63, 3.8) is 0 Å². The molecule has 0 saturated heterocycles. The molecular formula is C19H28N2O4S. The maximum Gasteiger partial charge on any atom is 0.339 e. The molecule has 0 spiro atoms. The predicted octanol–water partition coefficient (Wildman–Crippen LogP) is 2.72. The summed E-state index contributed by atoms with van der Waals surface area (Å²) in [7, 11) is 1.70. The van der Waals surface area contributed by atoms with Crippen LogP contribution in [0.4, 0.5) is 0 Å². The summed E-state index contributed by atoms with van der Waals surface area (Å²) in [5.41, 5.74) is 0.360. The fraction of sp³-hybridized carbons (Fsp3) is 0.526. The van der Waals surface area contributed by atoms with Gasteiger partial charge in [0.1, 0.15) is 0 Å². The highest BCUT2D eigenvalue weighted by Crippen LogP contribution is 2.23. The van der Waals surface area contributed by atoms with Gasteiger partial charge in [0.05, 0.1) is 11.3 Å². The van der Waals surface area contributed by atoms with Gasteiger partial charge in [-0.2, -0.15) is 0 Å². The normalized spacial score (nSPS) is 10.5. The lowest BCUT2D eigenvalue weighted by Crippen LogP contribution is -2.32. The van der Waals surface area contributed by atoms with Gasteiger partial charge in [-0.3, -0.25) is 9.59 Å². The van der Waals surface area contributed by atoms with E-state index in [-0.39, 0.29) is 30.2 Å². The van der Waals surface area contributed by atoms with Crippen LogP contribution in [0.5, 0.6) is 0 Å². The van der Waals surface area contributed by atoms with Gasteiger partial charge in [-0.05, 0) is 32.4 Å². The van der Waals surface area contributed by atoms with E-state index in [1.165, 1.54) is 11.8 Å². The molecule has 1 rings (SSSR count). The largest absolute Gasteiger partial charge is 0.452 e. The number of amides is 2. The number of unbranched alkanes of at least 4 members (excludes halogenated alkanes) is 1. The molecular weight excluding hydrogens is 352 g/mol. The minimum atomic E-state index is -0.561. The maximum absolute atomic E-state index is 12.3. The molecule has 0 aliphatic carbocycles. The summed E-state index contributed by atoms with van der Waals surface area (Å²) in [6.07, 6.45) is 1.90. The van der Waals surface area contributed by atoms with Crippen LogP contribution in [0.2, 0.25) is 0 Å². The summed E-state index contributed by atoms with van der Waals surface area (Å²) in [6, 6.07) is 6.99. The fourth-order valence-corrected chi connectivity index (χ4v) is 2.95. The van der Waals surface area contributed by atoms with Gasteiger partial charge >= 0.3 is 5.97 Å². The number of nitrogens with zero attached hydrogens (tertiary/aromatic N) is 1. The average Bonchev–Trinajstić information content (AvgIpc) is 2.61. The molecule has 1 aromatic rings. The zero-order valence-corrected chi connectivity index (χ0v) is 16.7. The van der Waals surface area contributed by atoms with Crippen LogP contribution in [0.25, 0.3) is 0 Å². The minimum Gasteiger partial charge on any atom is -0.452 e. The van der Waals surface area contributed by atoms with Gasteiger partial charge < -0.3 is 15.0 Å². The molecule has 0 bridgehead atoms. The second-order valence-electron chi connectivity index (χ2n) is 6.25. The summed E-state index contributed by atoms with van der Waals surface area (Å²) >= 11 is 1.27. The van der Waals surface area contributed by atoms with Crippen LogP contribution in [0.3, 0.4) is 0 Å². The van der Waals surface area contributed by atoms with Crippen molar-refractivity contribution < 1.29 is 19.1 Å². The molecule has 1 N–H and O–H groups in total. The Labute approximate surface area is 159 Å². The first kappa shape index (κ1) is 22.0. The summed E-state index contributed by atoms with van der Waals surface area (Å²) < 4.78 is 5.16. The first-order valence-corrected chi connectivity index (χ1v) is 9.76. The van der Waals surface area contributed by atoms with Crippen molar-refractivity contribution in [3.8, 4) is 0 Å². The van der Waals surface area contributed by atoms with E-state index in [2.05, 4.69) is 5.32 Å². The van der Waals surface area contributed by atoms with E-state index in [4.69, 9.17) is 4.74 Å². The van der Waals surface area contributed by atoms with E-state index < -0.39 is 5.97 Å². The molecule has 6 nitrogen and oxygen atoms in total. The predicted molar refractivity (Wildman–Crippen MR) is 103 cm³/mol. The quantitative estimate of drug-likeness (QED) is 0.499. The highest BCUT2D eigenvalue weighted by atomic mass is 32.2. The second-order valence-corrected chi connectivity index (χ2v) is 7.27. The van der Waals surface area contributed by atoms with Crippen molar-refractivity contribution in [1.29, 1.82) is 0 Å². The number of hydrogen-bond acceptors (Lipinski definition) is 5. The zero-order chi connectivity index (χ0) is 19.5. The van der Waals surface area contributed by atoms with Crippen molar-refractivity contribution in [3.05, 3.63) is 29.8 Å². The molecule has 0 aromatic heterocycles. The van der Waals surface area contributed by atoms with Crippen LogP contribution in [0.1, 0.15) is 44.0 Å². The van der Waals surface area contributed by atoms with Crippen LogP contribution in [0, 0.1) is 0 Å². The summed E-state index contributed by atoms with van der Waals surface area (Å²) in [5.74, 6) is -0.676. The Kier molecular flexibility index (Phi) is 9.80. The Morgan fingerprint density at radius 1 is 1.23 bits per heavy atom. The van der Waals surface area contributed by atoms with Crippen LogP contribution in [0.15, 0.2) is 29.2 Å². The third kappa shape index (κ3) is 7.91. The molecule has 0 aliphatic heterocycles. The number of esters is 1. The van der Waals surface area contributed by atoms with Crippen molar-refractivity contribution >= 4 is 29.5 Å². The standard InChI is InChI=1S/C19H28N2O4S/c1-5-6-11-21(4)18(23)12-25-19(24)15-9-7-8-10-16(15)26-13-17(22)20-14(2)3/h7-10,14H,5-6,11-13H2,1-4H3,(H,20,22). The van der Waals surface area contributed by atoms with E-state index in [1.807, 2.05) is 20.8 Å². The Balaban J connectivity index is 2.61. The number of benzene rings is 1. The molecule has 0 aliphatic rings. The molecule has 144 valence electrons. The molecule has 0 saturated carbocycles. The average molecular weight is 381 g/mol. The number of nitrogens with one attached hydrogen (secondary N) is 1. The molecule has 0 atom stereocenters.